The van der Waals surface area contributed by atoms with E-state index in [2.05, 4.69) is 0 Å². The lowest BCUT2D eigenvalue weighted by Gasteiger charge is -2.13. The Bertz CT molecular complexity index is 627. The second-order valence-electron chi connectivity index (χ2n) is 3.49. The van der Waals surface area contributed by atoms with Crippen LogP contribution in [-0.2, 0) is 21.6 Å². The van der Waals surface area contributed by atoms with Crippen LogP contribution in [0.2, 0.25) is 0 Å². The third kappa shape index (κ3) is 3.16. The molecule has 0 saturated carbocycles. The van der Waals surface area contributed by atoms with Crippen molar-refractivity contribution in [3.05, 3.63) is 33.4 Å². The van der Waals surface area contributed by atoms with Gasteiger partial charge >= 0.3 is 6.18 Å². The zero-order valence-corrected chi connectivity index (χ0v) is 10.9. The summed E-state index contributed by atoms with van der Waals surface area (Å²) in [6.45, 7) is 1.41. The largest absolute Gasteiger partial charge is 0.424 e. The molecule has 10 heteroatoms. The molecule has 19 heavy (non-hydrogen) atoms. The maximum Gasteiger partial charge on any atom is 0.424 e. The Hall–Kier alpha value is -1.35. The number of halogens is 4. The molecule has 0 saturated heterocycles. The van der Waals surface area contributed by atoms with Gasteiger partial charge in [-0.15, -0.1) is 0 Å². The maximum absolute atomic E-state index is 12.9. The molecule has 0 aliphatic rings. The molecule has 0 unspecified atom stereocenters. The molecule has 0 aliphatic heterocycles. The van der Waals surface area contributed by atoms with Crippen molar-refractivity contribution in [3.63, 3.8) is 0 Å². The minimum absolute atomic E-state index is 0.0536. The molecule has 5 nitrogen and oxygen atoms in total. The SMILES string of the molecule is CCc1ccc(S(=O)(=O)Cl)c(C(F)(F)F)c1[N+](=O)[O-]. The fourth-order valence-corrected chi connectivity index (χ4v) is 2.66. The van der Waals surface area contributed by atoms with E-state index in [1.807, 2.05) is 0 Å². The highest BCUT2D eigenvalue weighted by Gasteiger charge is 2.44. The minimum Gasteiger partial charge on any atom is -0.258 e. The molecule has 0 heterocycles. The van der Waals surface area contributed by atoms with Gasteiger partial charge in [-0.3, -0.25) is 10.1 Å². The Kier molecular flexibility index (Phi) is 4.11. The predicted octanol–water partition coefficient (Wildman–Crippen LogP) is 3.10. The molecular weight excluding hydrogens is 311 g/mol. The highest BCUT2D eigenvalue weighted by molar-refractivity contribution is 8.13. The number of benzene rings is 1. The van der Waals surface area contributed by atoms with Crippen molar-refractivity contribution in [2.75, 3.05) is 0 Å². The summed E-state index contributed by atoms with van der Waals surface area (Å²) in [5, 5.41) is 10.8. The van der Waals surface area contributed by atoms with E-state index in [-0.39, 0.29) is 12.0 Å². The average molecular weight is 318 g/mol. The van der Waals surface area contributed by atoms with Crippen LogP contribution in [0.15, 0.2) is 17.0 Å². The smallest absolute Gasteiger partial charge is 0.258 e. The zero-order valence-electron chi connectivity index (χ0n) is 9.36. The van der Waals surface area contributed by atoms with Gasteiger partial charge in [0.05, 0.1) is 4.92 Å². The van der Waals surface area contributed by atoms with Crippen molar-refractivity contribution in [2.24, 2.45) is 0 Å². The number of rotatable bonds is 3. The van der Waals surface area contributed by atoms with Gasteiger partial charge in [-0.05, 0) is 12.5 Å². The first-order valence-electron chi connectivity index (χ1n) is 4.82. The van der Waals surface area contributed by atoms with E-state index in [0.29, 0.717) is 6.07 Å². The number of aryl methyl sites for hydroxylation is 1. The van der Waals surface area contributed by atoms with Crippen molar-refractivity contribution in [1.29, 1.82) is 0 Å². The lowest BCUT2D eigenvalue weighted by molar-refractivity contribution is -0.389. The lowest BCUT2D eigenvalue weighted by Crippen LogP contribution is -2.15. The zero-order chi connectivity index (χ0) is 15.0. The Morgan fingerprint density at radius 1 is 1.37 bits per heavy atom. The van der Waals surface area contributed by atoms with E-state index in [0.717, 1.165) is 6.07 Å². The molecule has 0 fully saturated rings. The summed E-state index contributed by atoms with van der Waals surface area (Å²) in [5.74, 6) is 0. The van der Waals surface area contributed by atoms with E-state index in [4.69, 9.17) is 10.7 Å². The van der Waals surface area contributed by atoms with Gasteiger partial charge in [0.2, 0.25) is 0 Å². The monoisotopic (exact) mass is 317 g/mol. The molecule has 1 aromatic rings. The second kappa shape index (κ2) is 4.97. The fourth-order valence-electron chi connectivity index (χ4n) is 1.59. The number of nitro groups is 1. The molecular formula is C9H7ClF3NO4S. The second-order valence-corrected chi connectivity index (χ2v) is 6.03. The van der Waals surface area contributed by atoms with Crippen molar-refractivity contribution >= 4 is 25.4 Å². The Morgan fingerprint density at radius 2 is 1.89 bits per heavy atom. The topological polar surface area (TPSA) is 77.3 Å². The normalized spacial score (nSPS) is 12.5. The summed E-state index contributed by atoms with van der Waals surface area (Å²) >= 11 is 0. The number of hydrogen-bond acceptors (Lipinski definition) is 4. The maximum atomic E-state index is 12.9. The van der Waals surface area contributed by atoms with Gasteiger partial charge in [0.25, 0.3) is 14.7 Å². The highest BCUT2D eigenvalue weighted by atomic mass is 35.7. The van der Waals surface area contributed by atoms with Gasteiger partial charge in [-0.2, -0.15) is 13.2 Å². The molecule has 106 valence electrons. The van der Waals surface area contributed by atoms with Gasteiger partial charge in [0, 0.05) is 16.2 Å². The Labute approximate surface area is 110 Å². The fraction of sp³-hybridized carbons (Fsp3) is 0.333. The van der Waals surface area contributed by atoms with E-state index in [9.17, 15) is 31.7 Å². The first-order chi connectivity index (χ1) is 8.50. The Balaban J connectivity index is 3.92. The van der Waals surface area contributed by atoms with Crippen molar-refractivity contribution < 1.29 is 26.5 Å². The molecule has 1 aromatic carbocycles. The van der Waals surface area contributed by atoms with Crippen molar-refractivity contribution in [1.82, 2.24) is 0 Å². The first-order valence-corrected chi connectivity index (χ1v) is 7.13. The van der Waals surface area contributed by atoms with Crippen molar-refractivity contribution in [2.45, 2.75) is 24.4 Å². The van der Waals surface area contributed by atoms with Gasteiger partial charge < -0.3 is 0 Å². The standard InChI is InChI=1S/C9H7ClF3NO4S/c1-2-5-3-4-6(19(10,17)18)7(9(11,12)13)8(5)14(15)16/h3-4H,2H2,1H3. The van der Waals surface area contributed by atoms with Crippen LogP contribution < -0.4 is 0 Å². The summed E-state index contributed by atoms with van der Waals surface area (Å²) in [6, 6.07) is 1.57. The number of nitrogens with zero attached hydrogens (tertiary/aromatic N) is 1. The molecule has 0 spiro atoms. The molecule has 1 rings (SSSR count). The van der Waals surface area contributed by atoms with Gasteiger partial charge in [-0.25, -0.2) is 8.42 Å². The summed E-state index contributed by atoms with van der Waals surface area (Å²) in [5.41, 5.74) is -3.34. The van der Waals surface area contributed by atoms with E-state index >= 15 is 0 Å². The summed E-state index contributed by atoms with van der Waals surface area (Å²) in [4.78, 5) is 8.22. The molecule has 0 N–H and O–H groups in total. The highest BCUT2D eigenvalue weighted by Crippen LogP contribution is 2.43. The van der Waals surface area contributed by atoms with Crippen LogP contribution in [0.25, 0.3) is 0 Å². The third-order valence-electron chi connectivity index (χ3n) is 2.33. The summed E-state index contributed by atoms with van der Waals surface area (Å²) < 4.78 is 60.9. The van der Waals surface area contributed by atoms with Crippen LogP contribution in [-0.4, -0.2) is 13.3 Å². The Morgan fingerprint density at radius 3 is 2.21 bits per heavy atom. The van der Waals surface area contributed by atoms with Gasteiger partial charge in [-0.1, -0.05) is 13.0 Å². The molecule has 0 aliphatic carbocycles. The summed E-state index contributed by atoms with van der Waals surface area (Å²) in [7, 11) is 0.142. The molecule has 0 bridgehead atoms. The summed E-state index contributed by atoms with van der Waals surface area (Å²) in [6.07, 6.45) is -5.26. The van der Waals surface area contributed by atoms with Crippen LogP contribution >= 0.6 is 10.7 Å². The lowest BCUT2D eigenvalue weighted by atomic mass is 10.0. The van der Waals surface area contributed by atoms with Gasteiger partial charge in [0.1, 0.15) is 4.90 Å². The quantitative estimate of drug-likeness (QED) is 0.487. The van der Waals surface area contributed by atoms with Crippen LogP contribution in [0.3, 0.4) is 0 Å². The predicted molar refractivity (Wildman–Crippen MR) is 60.5 cm³/mol. The number of hydrogen-bond donors (Lipinski definition) is 0. The third-order valence-corrected chi connectivity index (χ3v) is 3.70. The van der Waals surface area contributed by atoms with Crippen LogP contribution in [0, 0.1) is 10.1 Å². The molecule has 0 atom stereocenters. The van der Waals surface area contributed by atoms with E-state index < -0.39 is 36.3 Å². The first kappa shape index (κ1) is 15.7. The van der Waals surface area contributed by atoms with Crippen molar-refractivity contribution in [3.8, 4) is 0 Å². The average Bonchev–Trinajstić information content (AvgIpc) is 2.24. The minimum atomic E-state index is -5.20. The molecule has 0 amide bonds. The van der Waals surface area contributed by atoms with Crippen LogP contribution in [0.4, 0.5) is 18.9 Å². The number of alkyl halides is 3. The number of nitro benzene ring substituents is 1. The molecule has 0 aromatic heterocycles. The van der Waals surface area contributed by atoms with Crippen LogP contribution in [0.5, 0.6) is 0 Å². The van der Waals surface area contributed by atoms with E-state index in [1.54, 1.807) is 0 Å². The van der Waals surface area contributed by atoms with Gasteiger partial charge in [0.15, 0.2) is 5.56 Å². The molecule has 0 radical (unpaired) electrons. The van der Waals surface area contributed by atoms with E-state index in [1.165, 1.54) is 6.92 Å². The van der Waals surface area contributed by atoms with Crippen LogP contribution in [0.1, 0.15) is 18.1 Å².